The van der Waals surface area contributed by atoms with E-state index in [-0.39, 0.29) is 32.5 Å². The second-order valence-electron chi connectivity index (χ2n) is 11.9. The number of nitrogens with zero attached hydrogens (tertiary/aromatic N) is 1. The largest absolute Gasteiger partial charge is 0.494 e. The first kappa shape index (κ1) is 28.9. The van der Waals surface area contributed by atoms with Crippen LogP contribution in [0, 0.1) is 0 Å². The van der Waals surface area contributed by atoms with Crippen molar-refractivity contribution >= 4 is 30.5 Å². The van der Waals surface area contributed by atoms with Crippen LogP contribution in [-0.2, 0) is 30.1 Å². The molecule has 2 aliphatic heterocycles. The fourth-order valence-electron chi connectivity index (χ4n) is 4.91. The van der Waals surface area contributed by atoms with Gasteiger partial charge in [-0.05, 0) is 59.5 Å². The van der Waals surface area contributed by atoms with E-state index < -0.39 is 53.3 Å². The standard InChI is InChI=1S/C26H40BN3O7/c1-23(2,3)30(22(33)34)26(12-14-35-15-13-26)21(32)29-19(20(28)31)16-17-8-10-18(11-9-17)27-36-24(4,5)25(6,7)37-27/h8-11,19H,12-16H2,1-7H3,(H2,28,31)(H,29,32)(H,33,34). The molecule has 0 aliphatic carbocycles. The summed E-state index contributed by atoms with van der Waals surface area (Å²) in [6.07, 6.45) is -0.703. The highest BCUT2D eigenvalue weighted by Crippen LogP contribution is 2.37. The van der Waals surface area contributed by atoms with Gasteiger partial charge in [0.2, 0.25) is 11.8 Å². The van der Waals surface area contributed by atoms with Gasteiger partial charge in [-0.1, -0.05) is 24.3 Å². The van der Waals surface area contributed by atoms with Gasteiger partial charge in [-0.15, -0.1) is 0 Å². The Bertz CT molecular complexity index is 998. The first-order valence-corrected chi connectivity index (χ1v) is 12.7. The summed E-state index contributed by atoms with van der Waals surface area (Å²) in [5.74, 6) is -1.26. The van der Waals surface area contributed by atoms with Crippen molar-refractivity contribution in [1.29, 1.82) is 0 Å². The van der Waals surface area contributed by atoms with Crippen LogP contribution in [0.25, 0.3) is 0 Å². The summed E-state index contributed by atoms with van der Waals surface area (Å²) in [5.41, 5.74) is 4.12. The molecule has 0 aromatic heterocycles. The Morgan fingerprint density at radius 3 is 2.00 bits per heavy atom. The molecule has 2 fully saturated rings. The van der Waals surface area contributed by atoms with Gasteiger partial charge in [0.1, 0.15) is 11.6 Å². The van der Waals surface area contributed by atoms with Crippen LogP contribution >= 0.6 is 0 Å². The lowest BCUT2D eigenvalue weighted by molar-refractivity contribution is -0.145. The molecule has 0 radical (unpaired) electrons. The number of nitrogens with one attached hydrogen (secondary N) is 1. The van der Waals surface area contributed by atoms with Gasteiger partial charge >= 0.3 is 13.2 Å². The van der Waals surface area contributed by atoms with E-state index in [4.69, 9.17) is 19.8 Å². The number of carbonyl (C=O) groups is 3. The number of carboxylic acid groups (broad SMARTS) is 1. The molecule has 204 valence electrons. The van der Waals surface area contributed by atoms with Crippen LogP contribution in [0.3, 0.4) is 0 Å². The molecule has 1 atom stereocenters. The molecule has 2 saturated heterocycles. The second kappa shape index (κ2) is 10.3. The van der Waals surface area contributed by atoms with Crippen molar-refractivity contribution in [1.82, 2.24) is 10.2 Å². The molecule has 0 saturated carbocycles. The van der Waals surface area contributed by atoms with Gasteiger partial charge in [0, 0.05) is 38.0 Å². The Morgan fingerprint density at radius 2 is 1.57 bits per heavy atom. The summed E-state index contributed by atoms with van der Waals surface area (Å²) in [4.78, 5) is 39.5. The van der Waals surface area contributed by atoms with Crippen molar-refractivity contribution in [3.63, 3.8) is 0 Å². The zero-order chi connectivity index (χ0) is 27.8. The SMILES string of the molecule is CC(C)(C)N(C(=O)O)C1(C(=O)NC(Cc2ccc(B3OC(C)(C)C(C)(C)O3)cc2)C(N)=O)CCOCC1. The van der Waals surface area contributed by atoms with Gasteiger partial charge in [0.15, 0.2) is 0 Å². The summed E-state index contributed by atoms with van der Waals surface area (Å²) in [5, 5.41) is 12.8. The average Bonchev–Trinajstić information content (AvgIpc) is 2.99. The van der Waals surface area contributed by atoms with Crippen molar-refractivity contribution in [2.24, 2.45) is 5.73 Å². The Labute approximate surface area is 219 Å². The highest BCUT2D eigenvalue weighted by molar-refractivity contribution is 6.62. The fourth-order valence-corrected chi connectivity index (χ4v) is 4.91. The van der Waals surface area contributed by atoms with Gasteiger partial charge in [0.25, 0.3) is 0 Å². The number of primary amides is 1. The third-order valence-corrected chi connectivity index (χ3v) is 7.63. The fraction of sp³-hybridized carbons (Fsp3) is 0.654. The molecular weight excluding hydrogens is 477 g/mol. The van der Waals surface area contributed by atoms with E-state index in [0.717, 1.165) is 11.0 Å². The van der Waals surface area contributed by atoms with Crippen molar-refractivity contribution in [2.45, 2.75) is 96.1 Å². The molecular formula is C26H40BN3O7. The number of hydrogen-bond donors (Lipinski definition) is 3. The maximum Gasteiger partial charge on any atom is 0.494 e. The van der Waals surface area contributed by atoms with Crippen LogP contribution in [0.2, 0.25) is 0 Å². The van der Waals surface area contributed by atoms with Crippen molar-refractivity contribution < 1.29 is 33.5 Å². The molecule has 37 heavy (non-hydrogen) atoms. The Kier molecular flexibility index (Phi) is 8.03. The van der Waals surface area contributed by atoms with E-state index in [1.807, 2.05) is 52.0 Å². The van der Waals surface area contributed by atoms with Gasteiger partial charge < -0.3 is 30.2 Å². The van der Waals surface area contributed by atoms with Crippen LogP contribution in [0.15, 0.2) is 24.3 Å². The smallest absolute Gasteiger partial charge is 0.465 e. The lowest BCUT2D eigenvalue weighted by Crippen LogP contribution is -2.69. The normalized spacial score (nSPS) is 21.2. The van der Waals surface area contributed by atoms with E-state index in [1.165, 1.54) is 4.90 Å². The monoisotopic (exact) mass is 517 g/mol. The predicted molar refractivity (Wildman–Crippen MR) is 139 cm³/mol. The number of nitrogens with two attached hydrogens (primary N) is 1. The van der Waals surface area contributed by atoms with Gasteiger partial charge in [0.05, 0.1) is 11.2 Å². The van der Waals surface area contributed by atoms with Crippen molar-refractivity contribution in [2.75, 3.05) is 13.2 Å². The van der Waals surface area contributed by atoms with Gasteiger partial charge in [-0.2, -0.15) is 0 Å². The molecule has 2 heterocycles. The van der Waals surface area contributed by atoms with Crippen LogP contribution in [-0.4, -0.2) is 76.6 Å². The molecule has 1 unspecified atom stereocenters. The molecule has 11 heteroatoms. The van der Waals surface area contributed by atoms with E-state index in [0.29, 0.717) is 0 Å². The summed E-state index contributed by atoms with van der Waals surface area (Å²) in [6, 6.07) is 6.38. The van der Waals surface area contributed by atoms with E-state index >= 15 is 0 Å². The number of benzene rings is 1. The maximum atomic E-state index is 13.7. The molecule has 3 rings (SSSR count). The first-order chi connectivity index (χ1) is 17.0. The van der Waals surface area contributed by atoms with E-state index in [1.54, 1.807) is 20.8 Å². The van der Waals surface area contributed by atoms with Gasteiger partial charge in [-0.3, -0.25) is 14.5 Å². The molecule has 3 amide bonds. The predicted octanol–water partition coefficient (Wildman–Crippen LogP) is 1.83. The highest BCUT2D eigenvalue weighted by Gasteiger charge is 2.53. The quantitative estimate of drug-likeness (QED) is 0.469. The van der Waals surface area contributed by atoms with Crippen LogP contribution in [0.4, 0.5) is 4.79 Å². The summed E-state index contributed by atoms with van der Waals surface area (Å²) < 4.78 is 17.6. The summed E-state index contributed by atoms with van der Waals surface area (Å²) in [7, 11) is -0.515. The zero-order valence-electron chi connectivity index (χ0n) is 22.9. The van der Waals surface area contributed by atoms with Crippen LogP contribution in [0.5, 0.6) is 0 Å². The first-order valence-electron chi connectivity index (χ1n) is 12.7. The van der Waals surface area contributed by atoms with Crippen LogP contribution in [0.1, 0.15) is 66.9 Å². The molecule has 0 bridgehead atoms. The second-order valence-corrected chi connectivity index (χ2v) is 11.9. The number of rotatable bonds is 7. The Balaban J connectivity index is 1.79. The summed E-state index contributed by atoms with van der Waals surface area (Å²) >= 11 is 0. The minimum absolute atomic E-state index is 0.153. The van der Waals surface area contributed by atoms with E-state index in [2.05, 4.69) is 5.32 Å². The highest BCUT2D eigenvalue weighted by atomic mass is 16.7. The molecule has 4 N–H and O–H groups in total. The maximum absolute atomic E-state index is 13.7. The number of carbonyl (C=O) groups excluding carboxylic acids is 2. The Hall–Kier alpha value is -2.63. The van der Waals surface area contributed by atoms with Gasteiger partial charge in [-0.25, -0.2) is 4.79 Å². The Morgan fingerprint density at radius 1 is 1.05 bits per heavy atom. The number of hydrogen-bond acceptors (Lipinski definition) is 6. The number of amides is 3. The zero-order valence-corrected chi connectivity index (χ0v) is 22.9. The lowest BCUT2D eigenvalue weighted by Gasteiger charge is -2.49. The van der Waals surface area contributed by atoms with E-state index in [9.17, 15) is 19.5 Å². The van der Waals surface area contributed by atoms with Crippen LogP contribution < -0.4 is 16.5 Å². The lowest BCUT2D eigenvalue weighted by atomic mass is 9.78. The van der Waals surface area contributed by atoms with Crippen molar-refractivity contribution in [3.8, 4) is 0 Å². The average molecular weight is 517 g/mol. The third kappa shape index (κ3) is 5.94. The molecule has 1 aromatic rings. The molecule has 1 aromatic carbocycles. The third-order valence-electron chi connectivity index (χ3n) is 7.63. The topological polar surface area (TPSA) is 140 Å². The molecule has 2 aliphatic rings. The molecule has 0 spiro atoms. The molecule has 10 nitrogen and oxygen atoms in total. The minimum atomic E-state index is -1.38. The number of ether oxygens (including phenoxy) is 1. The summed E-state index contributed by atoms with van der Waals surface area (Å²) in [6.45, 7) is 13.6. The minimum Gasteiger partial charge on any atom is -0.465 e. The van der Waals surface area contributed by atoms with Crippen molar-refractivity contribution in [3.05, 3.63) is 29.8 Å².